The van der Waals surface area contributed by atoms with Crippen LogP contribution in [0.3, 0.4) is 0 Å². The van der Waals surface area contributed by atoms with Crippen LogP contribution in [-0.4, -0.2) is 148 Å². The van der Waals surface area contributed by atoms with Crippen molar-refractivity contribution in [1.82, 2.24) is 42.5 Å². The average molecular weight is 984 g/mol. The lowest BCUT2D eigenvalue weighted by Gasteiger charge is -2.29. The van der Waals surface area contributed by atoms with Gasteiger partial charge in [-0.1, -0.05) is 73.6 Å². The van der Waals surface area contributed by atoms with Crippen molar-refractivity contribution in [3.05, 3.63) is 0 Å². The zero-order valence-electron chi connectivity index (χ0n) is 40.8. The second-order valence-corrected chi connectivity index (χ2v) is 18.7. The molecule has 1 aliphatic carbocycles. The number of carbonyl (C=O) groups is 11. The number of carboxylic acid groups (broad SMARTS) is 1. The van der Waals surface area contributed by atoms with Crippen LogP contribution in [0.15, 0.2) is 0 Å². The van der Waals surface area contributed by atoms with E-state index in [0.29, 0.717) is 6.42 Å². The van der Waals surface area contributed by atoms with Crippen LogP contribution in [0.4, 0.5) is 0 Å². The number of carbonyl (C=O) groups excluding carboxylic acids is 10. The van der Waals surface area contributed by atoms with Gasteiger partial charge in [-0.3, -0.25) is 52.7 Å². The zero-order chi connectivity index (χ0) is 52.7. The maximum absolute atomic E-state index is 13.5. The maximum atomic E-state index is 13.5. The number of hydrogen-bond donors (Lipinski definition) is 14. The van der Waals surface area contributed by atoms with Crippen LogP contribution in [0.2, 0.25) is 0 Å². The molecule has 0 bridgehead atoms. The van der Waals surface area contributed by atoms with E-state index in [1.807, 2.05) is 0 Å². The van der Waals surface area contributed by atoms with E-state index in [2.05, 4.69) is 42.5 Å². The molecule has 1 rings (SSSR count). The van der Waals surface area contributed by atoms with Gasteiger partial charge in [0.05, 0.1) is 25.3 Å². The first-order valence-electron chi connectivity index (χ1n) is 23.4. The molecule has 17 N–H and O–H groups in total. The number of aliphatic carboxylic acids is 1. The number of aliphatic hydroxyl groups excluding tert-OH is 2. The lowest BCUT2D eigenvalue weighted by Crippen LogP contribution is -2.61. The number of amides is 10. The van der Waals surface area contributed by atoms with Gasteiger partial charge in [0.2, 0.25) is 59.1 Å². The molecule has 0 spiro atoms. The van der Waals surface area contributed by atoms with Crippen molar-refractivity contribution in [2.45, 2.75) is 174 Å². The minimum absolute atomic E-state index is 0.0624. The van der Waals surface area contributed by atoms with Gasteiger partial charge in [-0.15, -0.1) is 0 Å². The Bertz CT molecular complexity index is 1790. The summed E-state index contributed by atoms with van der Waals surface area (Å²) >= 11 is 0. The summed E-state index contributed by atoms with van der Waals surface area (Å²) in [6.45, 7) is 9.23. The van der Waals surface area contributed by atoms with Gasteiger partial charge in [0.25, 0.3) is 0 Å². The van der Waals surface area contributed by atoms with E-state index < -0.39 is 151 Å². The van der Waals surface area contributed by atoms with Gasteiger partial charge in [-0.25, -0.2) is 0 Å². The third kappa shape index (κ3) is 22.8. The fourth-order valence-corrected chi connectivity index (χ4v) is 7.45. The van der Waals surface area contributed by atoms with Gasteiger partial charge in [0.1, 0.15) is 42.3 Å². The van der Waals surface area contributed by atoms with E-state index in [-0.39, 0.29) is 37.5 Å². The lowest BCUT2D eigenvalue weighted by molar-refractivity contribution is -0.139. The minimum Gasteiger partial charge on any atom is -0.481 e. The first-order chi connectivity index (χ1) is 32.2. The van der Waals surface area contributed by atoms with E-state index in [1.54, 1.807) is 41.5 Å². The predicted molar refractivity (Wildman–Crippen MR) is 248 cm³/mol. The van der Waals surface area contributed by atoms with E-state index in [0.717, 1.165) is 32.1 Å². The SMILES string of the molecule is CC(C)C[C@H](NC(=O)[C@H](CCC(N)=O)NC(=O)[C@H](CO)NC(=O)[C@@H](NC(=O)CNC(=O)[C@@H](NC(=O)[C@@H](NC(=O)[C@H](CCC(=O)O)NC(=O)[C@@H](N)CC1CCCCC1)[C@@H](C)O)C(C)C)C(C)C)C(N)=O. The molecule has 0 unspecified atom stereocenters. The molecule has 69 heavy (non-hydrogen) atoms. The molecule has 0 radical (unpaired) electrons. The summed E-state index contributed by atoms with van der Waals surface area (Å²) in [5.74, 6) is -11.4. The Morgan fingerprint density at radius 1 is 0.565 bits per heavy atom. The monoisotopic (exact) mass is 984 g/mol. The Kier molecular flexibility index (Phi) is 27.0. The van der Waals surface area contributed by atoms with Gasteiger partial charge >= 0.3 is 5.97 Å². The molecule has 0 aromatic carbocycles. The van der Waals surface area contributed by atoms with Crippen molar-refractivity contribution in [1.29, 1.82) is 0 Å². The second-order valence-electron chi connectivity index (χ2n) is 18.7. The molecule has 1 fully saturated rings. The van der Waals surface area contributed by atoms with Crippen LogP contribution in [0.5, 0.6) is 0 Å². The van der Waals surface area contributed by atoms with Crippen LogP contribution >= 0.6 is 0 Å². The smallest absolute Gasteiger partial charge is 0.303 e. The molecule has 9 atom stereocenters. The summed E-state index contributed by atoms with van der Waals surface area (Å²) in [6.07, 6.45) is 2.33. The fourth-order valence-electron chi connectivity index (χ4n) is 7.45. The lowest BCUT2D eigenvalue weighted by atomic mass is 9.85. The minimum atomic E-state index is -1.70. The highest BCUT2D eigenvalue weighted by Gasteiger charge is 2.36. The molecule has 1 saturated carbocycles. The second kappa shape index (κ2) is 30.5. The molecule has 0 aromatic heterocycles. The van der Waals surface area contributed by atoms with Crippen molar-refractivity contribution < 1.29 is 68.1 Å². The van der Waals surface area contributed by atoms with Gasteiger partial charge < -0.3 is 75.1 Å². The Morgan fingerprint density at radius 2 is 1.03 bits per heavy atom. The molecule has 25 nitrogen and oxygen atoms in total. The van der Waals surface area contributed by atoms with Crippen molar-refractivity contribution in [2.75, 3.05) is 13.2 Å². The van der Waals surface area contributed by atoms with Gasteiger partial charge in [0, 0.05) is 12.8 Å². The molecule has 0 saturated heterocycles. The molecule has 0 aliphatic heterocycles. The van der Waals surface area contributed by atoms with Crippen molar-refractivity contribution in [3.8, 4) is 0 Å². The molecule has 1 aliphatic rings. The van der Waals surface area contributed by atoms with Gasteiger partial charge in [-0.2, -0.15) is 0 Å². The number of carboxylic acids is 1. The predicted octanol–water partition coefficient (Wildman–Crippen LogP) is -3.86. The number of aliphatic hydroxyl groups is 2. The Balaban J connectivity index is 3.04. The number of nitrogens with one attached hydrogen (secondary N) is 8. The first-order valence-corrected chi connectivity index (χ1v) is 23.4. The third-order valence-corrected chi connectivity index (χ3v) is 11.4. The summed E-state index contributed by atoms with van der Waals surface area (Å²) in [7, 11) is 0. The molecule has 392 valence electrons. The summed E-state index contributed by atoms with van der Waals surface area (Å²) in [5.41, 5.74) is 16.8. The van der Waals surface area contributed by atoms with Gasteiger partial charge in [0.15, 0.2) is 0 Å². The van der Waals surface area contributed by atoms with Crippen LogP contribution in [-0.2, 0) is 52.7 Å². The highest BCUT2D eigenvalue weighted by Crippen LogP contribution is 2.27. The average Bonchev–Trinajstić information content (AvgIpc) is 3.26. The van der Waals surface area contributed by atoms with Gasteiger partial charge in [-0.05, 0) is 56.3 Å². The standard InChI is InChI=1S/C44H77N11O14/c1-21(2)17-29(37(47)62)51-39(64)27(13-15-31(46)58)50-41(66)30(20-56)52-43(68)35(23(5)6)53-32(59)19-48-42(67)34(22(3)4)54-44(69)36(24(7)57)55-40(65)28(14-16-33(60)61)49-38(63)26(45)18-25-11-9-8-10-12-25/h21-30,34-36,56-57H,8-20,45H2,1-7H3,(H2,46,58)(H2,47,62)(H,48,67)(H,49,63)(H,50,66)(H,51,64)(H,52,68)(H,53,59)(H,54,69)(H,55,65)(H,60,61)/t24-,26+,27+,28+,29+,30+,34+,35+,36+/m1/s1. The van der Waals surface area contributed by atoms with Crippen molar-refractivity contribution >= 4 is 65.0 Å². The Labute approximate surface area is 402 Å². The highest BCUT2D eigenvalue weighted by atomic mass is 16.4. The maximum Gasteiger partial charge on any atom is 0.303 e. The normalized spacial score (nSPS) is 16.8. The van der Waals surface area contributed by atoms with E-state index >= 15 is 0 Å². The summed E-state index contributed by atoms with van der Waals surface area (Å²) in [6, 6.07) is -11.1. The molecular formula is C44H77N11O14. The topological polar surface area (TPSA) is 423 Å². The number of nitrogens with two attached hydrogens (primary N) is 3. The fraction of sp³-hybridized carbons (Fsp3) is 0.750. The zero-order valence-corrected chi connectivity index (χ0v) is 40.8. The quantitative estimate of drug-likeness (QED) is 0.0316. The van der Waals surface area contributed by atoms with E-state index in [4.69, 9.17) is 17.2 Å². The number of primary amides is 2. The Morgan fingerprint density at radius 3 is 1.52 bits per heavy atom. The summed E-state index contributed by atoms with van der Waals surface area (Å²) < 4.78 is 0. The largest absolute Gasteiger partial charge is 0.481 e. The third-order valence-electron chi connectivity index (χ3n) is 11.4. The Hall–Kier alpha value is -5.95. The van der Waals surface area contributed by atoms with Crippen LogP contribution in [0, 0.1) is 23.7 Å². The van der Waals surface area contributed by atoms with Crippen LogP contribution in [0.1, 0.15) is 119 Å². The molecular weight excluding hydrogens is 907 g/mol. The summed E-state index contributed by atoms with van der Waals surface area (Å²) in [4.78, 5) is 141. The molecule has 0 aromatic rings. The molecule has 25 heteroatoms. The number of hydrogen-bond acceptors (Lipinski definition) is 14. The molecule has 0 heterocycles. The van der Waals surface area contributed by atoms with Crippen LogP contribution in [0.25, 0.3) is 0 Å². The van der Waals surface area contributed by atoms with E-state index in [9.17, 15) is 68.1 Å². The first kappa shape index (κ1) is 61.1. The number of rotatable bonds is 31. The van der Waals surface area contributed by atoms with Crippen molar-refractivity contribution in [2.24, 2.45) is 40.9 Å². The van der Waals surface area contributed by atoms with Crippen LogP contribution < -0.4 is 59.7 Å². The van der Waals surface area contributed by atoms with E-state index in [1.165, 1.54) is 6.92 Å². The highest BCUT2D eigenvalue weighted by molar-refractivity contribution is 5.98. The molecule has 10 amide bonds. The van der Waals surface area contributed by atoms with Crippen molar-refractivity contribution in [3.63, 3.8) is 0 Å². The summed E-state index contributed by atoms with van der Waals surface area (Å²) in [5, 5.41) is 49.0.